The minimum atomic E-state index is -0.635. The number of benzene rings is 1. The molecule has 1 aromatic rings. The zero-order valence-corrected chi connectivity index (χ0v) is 14.8. The van der Waals surface area contributed by atoms with Gasteiger partial charge in [-0.1, -0.05) is 23.9 Å². The van der Waals surface area contributed by atoms with Crippen molar-refractivity contribution < 1.29 is 19.2 Å². The van der Waals surface area contributed by atoms with E-state index in [0.29, 0.717) is 11.3 Å². The topological polar surface area (TPSA) is 119 Å². The molecule has 0 spiro atoms. The van der Waals surface area contributed by atoms with Gasteiger partial charge in [0.25, 0.3) is 11.1 Å². The highest BCUT2D eigenvalue weighted by atomic mass is 32.2. The van der Waals surface area contributed by atoms with E-state index in [1.165, 1.54) is 19.2 Å². The van der Waals surface area contributed by atoms with Crippen molar-refractivity contribution in [3.63, 3.8) is 0 Å². The highest BCUT2D eigenvalue weighted by Gasteiger charge is 2.28. The summed E-state index contributed by atoms with van der Waals surface area (Å²) in [6.07, 6.45) is 1.22. The summed E-state index contributed by atoms with van der Waals surface area (Å²) in [6, 6.07) is 8.15. The number of imide groups is 1. The summed E-state index contributed by atoms with van der Waals surface area (Å²) < 4.78 is 0. The van der Waals surface area contributed by atoms with Crippen molar-refractivity contribution in [2.75, 3.05) is 24.2 Å². The second kappa shape index (κ2) is 8.82. The van der Waals surface area contributed by atoms with Crippen molar-refractivity contribution in [2.24, 2.45) is 0 Å². The molecule has 2 rings (SSSR count). The van der Waals surface area contributed by atoms with E-state index in [9.17, 15) is 19.2 Å². The molecule has 1 aliphatic rings. The molecule has 8 nitrogen and oxygen atoms in total. The number of nitrogens with zero attached hydrogens (tertiary/aromatic N) is 2. The molecule has 0 aromatic heterocycles. The fourth-order valence-electron chi connectivity index (χ4n) is 2.11. The van der Waals surface area contributed by atoms with Gasteiger partial charge in [0.15, 0.2) is 5.78 Å². The van der Waals surface area contributed by atoms with Crippen LogP contribution in [0, 0.1) is 11.3 Å². The number of Topliss-reactive ketones (excluding diaryl/α,β-unsaturated/α-hetero) is 1. The van der Waals surface area contributed by atoms with Crippen LogP contribution in [-0.4, -0.2) is 46.6 Å². The van der Waals surface area contributed by atoms with Crippen LogP contribution < -0.4 is 10.6 Å². The number of anilines is 1. The Bertz CT molecular complexity index is 812. The summed E-state index contributed by atoms with van der Waals surface area (Å²) in [5.74, 6) is -0.887. The van der Waals surface area contributed by atoms with Gasteiger partial charge in [-0.15, -0.1) is 0 Å². The molecule has 1 aromatic carbocycles. The maximum Gasteiger partial charge on any atom is 0.288 e. The van der Waals surface area contributed by atoms with E-state index in [-0.39, 0.29) is 41.3 Å². The van der Waals surface area contributed by atoms with Crippen LogP contribution in [0.5, 0.6) is 0 Å². The van der Waals surface area contributed by atoms with Crippen LogP contribution in [0.15, 0.2) is 36.0 Å². The Hall–Kier alpha value is -3.12. The smallest absolute Gasteiger partial charge is 0.288 e. The van der Waals surface area contributed by atoms with Gasteiger partial charge in [-0.05, 0) is 19.1 Å². The Morgan fingerprint density at radius 1 is 1.38 bits per heavy atom. The highest BCUT2D eigenvalue weighted by Crippen LogP contribution is 2.17. The molecule has 3 amide bonds. The third kappa shape index (κ3) is 4.94. The quantitative estimate of drug-likeness (QED) is 0.322. The molecular weight excluding hydrogens is 356 g/mol. The first-order chi connectivity index (χ1) is 12.4. The lowest BCUT2D eigenvalue weighted by Crippen LogP contribution is -2.34. The van der Waals surface area contributed by atoms with Crippen molar-refractivity contribution in [3.8, 4) is 6.07 Å². The van der Waals surface area contributed by atoms with Gasteiger partial charge < -0.3 is 10.6 Å². The fraction of sp³-hybridized carbons (Fsp3) is 0.235. The molecule has 9 heteroatoms. The summed E-state index contributed by atoms with van der Waals surface area (Å²) in [6.45, 7) is 1.79. The van der Waals surface area contributed by atoms with Gasteiger partial charge in [0.1, 0.15) is 11.6 Å². The molecule has 1 heterocycles. The lowest BCUT2D eigenvalue weighted by atomic mass is 10.1. The number of nitriles is 1. The number of rotatable bonds is 7. The average Bonchev–Trinajstić information content (AvgIpc) is 2.93. The number of hydrogen-bond donors (Lipinski definition) is 2. The third-order valence-electron chi connectivity index (χ3n) is 3.46. The minimum absolute atomic E-state index is 0.136. The molecule has 1 aliphatic heterocycles. The summed E-state index contributed by atoms with van der Waals surface area (Å²) in [5, 5.41) is 14.1. The van der Waals surface area contributed by atoms with Crippen molar-refractivity contribution in [3.05, 3.63) is 41.6 Å². The maximum absolute atomic E-state index is 12.1. The zero-order valence-electron chi connectivity index (χ0n) is 13.9. The van der Waals surface area contributed by atoms with Crippen molar-refractivity contribution in [2.45, 2.75) is 6.92 Å². The molecule has 0 unspecified atom stereocenters. The number of amides is 3. The van der Waals surface area contributed by atoms with Gasteiger partial charge in [-0.25, -0.2) is 0 Å². The summed E-state index contributed by atoms with van der Waals surface area (Å²) >= 11 is 0.945. The van der Waals surface area contributed by atoms with Gasteiger partial charge in [-0.2, -0.15) is 5.26 Å². The molecule has 0 radical (unpaired) electrons. The van der Waals surface area contributed by atoms with E-state index in [0.717, 1.165) is 16.7 Å². The first-order valence-corrected chi connectivity index (χ1v) is 8.64. The summed E-state index contributed by atoms with van der Waals surface area (Å²) in [5.41, 5.74) is 0.669. The predicted octanol–water partition coefficient (Wildman–Crippen LogP) is 1.52. The summed E-state index contributed by atoms with van der Waals surface area (Å²) in [4.78, 5) is 47.5. The molecular formula is C17H16N4O4S. The molecule has 0 atom stereocenters. The molecule has 0 aliphatic carbocycles. The van der Waals surface area contributed by atoms with Gasteiger partial charge in [0.2, 0.25) is 5.91 Å². The van der Waals surface area contributed by atoms with Crippen molar-refractivity contribution in [1.29, 1.82) is 5.26 Å². The van der Waals surface area contributed by atoms with E-state index < -0.39 is 5.91 Å². The number of nitrogens with one attached hydrogen (secondary N) is 2. The van der Waals surface area contributed by atoms with Gasteiger partial charge in [0, 0.05) is 30.5 Å². The van der Waals surface area contributed by atoms with Crippen LogP contribution in [0.1, 0.15) is 17.3 Å². The molecule has 26 heavy (non-hydrogen) atoms. The second-order valence-corrected chi connectivity index (χ2v) is 6.24. The first kappa shape index (κ1) is 19.2. The van der Waals surface area contributed by atoms with E-state index in [2.05, 4.69) is 10.6 Å². The Morgan fingerprint density at radius 2 is 2.15 bits per heavy atom. The van der Waals surface area contributed by atoms with E-state index in [1.54, 1.807) is 24.3 Å². The largest absolute Gasteiger partial charge is 0.388 e. The van der Waals surface area contributed by atoms with Gasteiger partial charge in [-0.3, -0.25) is 24.1 Å². The predicted molar refractivity (Wildman–Crippen MR) is 96.3 cm³/mol. The summed E-state index contributed by atoms with van der Waals surface area (Å²) in [7, 11) is 0. The molecule has 1 saturated heterocycles. The molecule has 134 valence electrons. The molecule has 0 bridgehead atoms. The van der Waals surface area contributed by atoms with Crippen LogP contribution in [-0.2, 0) is 9.59 Å². The monoisotopic (exact) mass is 372 g/mol. The molecule has 2 N–H and O–H groups in total. The average molecular weight is 372 g/mol. The lowest BCUT2D eigenvalue weighted by Gasteiger charge is -2.12. The number of carbonyl (C=O) groups is 4. The standard InChI is InChI=1S/C17H16N4O4S/c1-11(22)12-3-2-4-14(7-12)20-16(24)13(8-18)9-19-5-6-21-15(23)10-26-17(21)25/h2-4,7,9,19H,5-6,10H2,1H3,(H,20,24)/b13-9-. The van der Waals surface area contributed by atoms with Crippen LogP contribution >= 0.6 is 11.8 Å². The van der Waals surface area contributed by atoms with Gasteiger partial charge in [0.05, 0.1) is 5.75 Å². The second-order valence-electron chi connectivity index (χ2n) is 5.32. The van der Waals surface area contributed by atoms with E-state index in [4.69, 9.17) is 5.26 Å². The third-order valence-corrected chi connectivity index (χ3v) is 4.32. The minimum Gasteiger partial charge on any atom is -0.388 e. The fourth-order valence-corrected chi connectivity index (χ4v) is 2.86. The van der Waals surface area contributed by atoms with Crippen LogP contribution in [0.2, 0.25) is 0 Å². The van der Waals surface area contributed by atoms with E-state index in [1.807, 2.05) is 0 Å². The Morgan fingerprint density at radius 3 is 2.77 bits per heavy atom. The number of thioether (sulfide) groups is 1. The van der Waals surface area contributed by atoms with Gasteiger partial charge >= 0.3 is 0 Å². The SMILES string of the molecule is CC(=O)c1cccc(NC(=O)/C(C#N)=C\NCCN2C(=O)CSC2=O)c1. The maximum atomic E-state index is 12.1. The molecule has 0 saturated carbocycles. The Kier molecular flexibility index (Phi) is 6.52. The van der Waals surface area contributed by atoms with Crippen LogP contribution in [0.25, 0.3) is 0 Å². The number of carbonyl (C=O) groups excluding carboxylic acids is 4. The molecule has 1 fully saturated rings. The van der Waals surface area contributed by atoms with Crippen LogP contribution in [0.3, 0.4) is 0 Å². The first-order valence-electron chi connectivity index (χ1n) is 7.65. The number of hydrogen-bond acceptors (Lipinski definition) is 7. The normalized spacial score (nSPS) is 14.2. The zero-order chi connectivity index (χ0) is 19.1. The highest BCUT2D eigenvalue weighted by molar-refractivity contribution is 8.14. The number of ketones is 1. The van der Waals surface area contributed by atoms with Crippen LogP contribution in [0.4, 0.5) is 10.5 Å². The Balaban J connectivity index is 1.91. The van der Waals surface area contributed by atoms with E-state index >= 15 is 0 Å². The van der Waals surface area contributed by atoms with Crippen molar-refractivity contribution in [1.82, 2.24) is 10.2 Å². The lowest BCUT2D eigenvalue weighted by molar-refractivity contribution is -0.124. The Labute approximate surface area is 154 Å². The van der Waals surface area contributed by atoms with Crippen molar-refractivity contribution >= 4 is 40.3 Å².